The van der Waals surface area contributed by atoms with Gasteiger partial charge >= 0.3 is 0 Å². The van der Waals surface area contributed by atoms with Crippen molar-refractivity contribution in [2.45, 2.75) is 38.7 Å². The van der Waals surface area contributed by atoms with E-state index >= 15 is 0 Å². The number of unbranched alkanes of at least 4 members (excludes halogenated alkanes) is 1. The van der Waals surface area contributed by atoms with Gasteiger partial charge in [0, 0.05) is 17.3 Å². The fourth-order valence-corrected chi connectivity index (χ4v) is 2.22. The maximum absolute atomic E-state index is 10.6. The Labute approximate surface area is 90.2 Å². The lowest BCUT2D eigenvalue weighted by atomic mass is 10.2. The number of halogens is 1. The normalized spacial score (nSPS) is 19.6. The molecule has 0 heterocycles. The molecule has 1 atom stereocenters. The molecule has 1 saturated carbocycles. The van der Waals surface area contributed by atoms with Gasteiger partial charge in [0.2, 0.25) is 9.05 Å². The van der Waals surface area contributed by atoms with Crippen molar-refractivity contribution in [3.63, 3.8) is 0 Å². The fraction of sp³-hybridized carbons (Fsp3) is 1.00. The Kier molecular flexibility index (Phi) is 4.67. The zero-order valence-corrected chi connectivity index (χ0v) is 9.98. The van der Waals surface area contributed by atoms with Crippen molar-refractivity contribution in [2.75, 3.05) is 12.4 Å². The molecule has 0 radical (unpaired) electrons. The van der Waals surface area contributed by atoms with Crippen molar-refractivity contribution < 1.29 is 13.2 Å². The van der Waals surface area contributed by atoms with Crippen molar-refractivity contribution >= 4 is 19.7 Å². The van der Waals surface area contributed by atoms with Gasteiger partial charge in [0.15, 0.2) is 0 Å². The van der Waals surface area contributed by atoms with Gasteiger partial charge < -0.3 is 4.74 Å². The summed E-state index contributed by atoms with van der Waals surface area (Å²) in [5.74, 6) is 0.794. The van der Waals surface area contributed by atoms with Gasteiger partial charge in [0.25, 0.3) is 0 Å². The van der Waals surface area contributed by atoms with Gasteiger partial charge in [-0.1, -0.05) is 0 Å². The van der Waals surface area contributed by atoms with Crippen LogP contribution in [0.2, 0.25) is 0 Å². The summed E-state index contributed by atoms with van der Waals surface area (Å²) >= 11 is 0. The molecule has 3 nitrogen and oxygen atoms in total. The summed E-state index contributed by atoms with van der Waals surface area (Å²) in [7, 11) is 1.75. The van der Waals surface area contributed by atoms with Crippen LogP contribution in [0.25, 0.3) is 0 Å². The molecule has 0 saturated heterocycles. The molecule has 1 unspecified atom stereocenters. The van der Waals surface area contributed by atoms with Gasteiger partial charge in [-0.3, -0.25) is 0 Å². The van der Waals surface area contributed by atoms with Crippen molar-refractivity contribution in [2.24, 2.45) is 5.92 Å². The molecule has 84 valence electrons. The first-order valence-electron chi connectivity index (χ1n) is 5.03. The number of hydrogen-bond donors (Lipinski definition) is 0. The molecule has 1 aliphatic carbocycles. The molecular weight excluding hydrogens is 224 g/mol. The minimum atomic E-state index is -3.31. The van der Waals surface area contributed by atoms with Crippen LogP contribution in [0.15, 0.2) is 0 Å². The van der Waals surface area contributed by atoms with Gasteiger partial charge in [-0.05, 0) is 38.5 Å². The lowest BCUT2D eigenvalue weighted by Crippen LogP contribution is -2.11. The Morgan fingerprint density at radius 2 is 2.07 bits per heavy atom. The highest BCUT2D eigenvalue weighted by Crippen LogP contribution is 2.33. The van der Waals surface area contributed by atoms with E-state index in [1.54, 1.807) is 0 Å². The average Bonchev–Trinajstić information content (AvgIpc) is 2.83. The van der Waals surface area contributed by atoms with Crippen molar-refractivity contribution in [1.82, 2.24) is 0 Å². The second-order valence-electron chi connectivity index (χ2n) is 3.86. The number of ether oxygens (including phenoxy) is 1. The Morgan fingerprint density at radius 1 is 1.43 bits per heavy atom. The van der Waals surface area contributed by atoms with Crippen LogP contribution in [0.1, 0.15) is 32.6 Å². The molecule has 0 spiro atoms. The minimum Gasteiger partial charge on any atom is -0.378 e. The molecule has 1 rings (SSSR count). The first kappa shape index (κ1) is 12.3. The monoisotopic (exact) mass is 240 g/mol. The zero-order chi connectivity index (χ0) is 10.6. The van der Waals surface area contributed by atoms with Gasteiger partial charge in [-0.2, -0.15) is 0 Å². The Bertz CT molecular complexity index is 259. The molecule has 0 bridgehead atoms. The second kappa shape index (κ2) is 5.33. The van der Waals surface area contributed by atoms with Crippen LogP contribution in [0.5, 0.6) is 0 Å². The summed E-state index contributed by atoms with van der Waals surface area (Å²) in [5, 5.41) is 0. The van der Waals surface area contributed by atoms with E-state index in [0.717, 1.165) is 12.3 Å². The third-order valence-corrected chi connectivity index (χ3v) is 3.69. The predicted molar refractivity (Wildman–Crippen MR) is 57.0 cm³/mol. The quantitative estimate of drug-likeness (QED) is 0.506. The van der Waals surface area contributed by atoms with Gasteiger partial charge in [-0.15, -0.1) is 0 Å². The molecule has 1 aliphatic rings. The van der Waals surface area contributed by atoms with Gasteiger partial charge in [0.1, 0.15) is 0 Å². The molecule has 5 heteroatoms. The SMILES string of the molecule is CC(OCCCCS(=O)(=O)Cl)C1CC1. The molecule has 14 heavy (non-hydrogen) atoms. The highest BCUT2D eigenvalue weighted by Gasteiger charge is 2.28. The smallest absolute Gasteiger partial charge is 0.232 e. The molecule has 0 amide bonds. The Hall–Kier alpha value is 0.200. The first-order valence-corrected chi connectivity index (χ1v) is 7.51. The lowest BCUT2D eigenvalue weighted by Gasteiger charge is -2.10. The van der Waals surface area contributed by atoms with Crippen LogP contribution < -0.4 is 0 Å². The van der Waals surface area contributed by atoms with Crippen LogP contribution in [0, 0.1) is 5.92 Å². The van der Waals surface area contributed by atoms with Gasteiger partial charge in [-0.25, -0.2) is 8.42 Å². The zero-order valence-electron chi connectivity index (χ0n) is 8.41. The number of rotatable bonds is 7. The molecule has 0 N–H and O–H groups in total. The summed E-state index contributed by atoms with van der Waals surface area (Å²) in [6, 6.07) is 0. The summed E-state index contributed by atoms with van der Waals surface area (Å²) < 4.78 is 26.7. The summed E-state index contributed by atoms with van der Waals surface area (Å²) in [6.45, 7) is 2.72. The summed E-state index contributed by atoms with van der Waals surface area (Å²) in [6.07, 6.45) is 4.24. The van der Waals surface area contributed by atoms with Crippen molar-refractivity contribution in [3.8, 4) is 0 Å². The number of hydrogen-bond acceptors (Lipinski definition) is 3. The van der Waals surface area contributed by atoms with Crippen LogP contribution in [-0.4, -0.2) is 26.9 Å². The van der Waals surface area contributed by atoms with Crippen LogP contribution >= 0.6 is 10.7 Å². The second-order valence-corrected chi connectivity index (χ2v) is 6.76. The Balaban J connectivity index is 1.93. The maximum Gasteiger partial charge on any atom is 0.232 e. The Morgan fingerprint density at radius 3 is 2.57 bits per heavy atom. The van der Waals surface area contributed by atoms with E-state index in [4.69, 9.17) is 15.4 Å². The average molecular weight is 241 g/mol. The van der Waals surface area contributed by atoms with E-state index < -0.39 is 9.05 Å². The van der Waals surface area contributed by atoms with E-state index in [1.165, 1.54) is 12.8 Å². The summed E-state index contributed by atoms with van der Waals surface area (Å²) in [4.78, 5) is 0. The molecular formula is C9H17ClO3S. The maximum atomic E-state index is 10.6. The first-order chi connectivity index (χ1) is 6.49. The molecule has 1 fully saturated rings. The largest absolute Gasteiger partial charge is 0.378 e. The third-order valence-electron chi connectivity index (χ3n) is 2.45. The van der Waals surface area contributed by atoms with Crippen molar-refractivity contribution in [3.05, 3.63) is 0 Å². The predicted octanol–water partition coefficient (Wildman–Crippen LogP) is 2.15. The van der Waals surface area contributed by atoms with E-state index in [1.807, 2.05) is 0 Å². The topological polar surface area (TPSA) is 43.4 Å². The van der Waals surface area contributed by atoms with E-state index in [2.05, 4.69) is 6.92 Å². The van der Waals surface area contributed by atoms with Crippen LogP contribution in [0.3, 0.4) is 0 Å². The van der Waals surface area contributed by atoms with E-state index in [-0.39, 0.29) is 5.75 Å². The molecule has 0 aromatic carbocycles. The molecule has 0 aromatic heterocycles. The summed E-state index contributed by atoms with van der Waals surface area (Å²) in [5.41, 5.74) is 0. The lowest BCUT2D eigenvalue weighted by molar-refractivity contribution is 0.0495. The van der Waals surface area contributed by atoms with Crippen LogP contribution in [-0.2, 0) is 13.8 Å². The van der Waals surface area contributed by atoms with Crippen LogP contribution in [0.4, 0.5) is 0 Å². The fourth-order valence-electron chi connectivity index (χ4n) is 1.35. The molecule has 0 aromatic rings. The van der Waals surface area contributed by atoms with Crippen molar-refractivity contribution in [1.29, 1.82) is 0 Å². The highest BCUT2D eigenvalue weighted by molar-refractivity contribution is 8.13. The third kappa shape index (κ3) is 5.83. The van der Waals surface area contributed by atoms with E-state index in [9.17, 15) is 8.42 Å². The van der Waals surface area contributed by atoms with E-state index in [0.29, 0.717) is 19.1 Å². The van der Waals surface area contributed by atoms with Gasteiger partial charge in [0.05, 0.1) is 11.9 Å². The highest BCUT2D eigenvalue weighted by atomic mass is 35.7. The minimum absolute atomic E-state index is 0.0513. The molecule has 0 aliphatic heterocycles. The standard InChI is InChI=1S/C9H17ClO3S/c1-8(9-4-5-9)13-6-2-3-7-14(10,11)12/h8-9H,2-7H2,1H3.